The number of quaternary nitrogens is 1. The fourth-order valence-corrected chi connectivity index (χ4v) is 3.12. The van der Waals surface area contributed by atoms with E-state index in [9.17, 15) is 4.79 Å². The summed E-state index contributed by atoms with van der Waals surface area (Å²) in [6.45, 7) is 9.82. The molecule has 0 fully saturated rings. The van der Waals surface area contributed by atoms with Crippen molar-refractivity contribution in [3.05, 3.63) is 46.2 Å². The summed E-state index contributed by atoms with van der Waals surface area (Å²) in [5.74, 6) is 0.245. The molecule has 0 aliphatic rings. The molecule has 0 unspecified atom stereocenters. The van der Waals surface area contributed by atoms with E-state index in [0.29, 0.717) is 17.1 Å². The van der Waals surface area contributed by atoms with Gasteiger partial charge in [0.2, 0.25) is 0 Å². The smallest absolute Gasteiger partial charge is 0.255 e. The highest BCUT2D eigenvalue weighted by molar-refractivity contribution is 6.30. The van der Waals surface area contributed by atoms with E-state index in [1.54, 1.807) is 0 Å². The lowest BCUT2D eigenvalue weighted by Gasteiger charge is -2.14. The van der Waals surface area contributed by atoms with Crippen molar-refractivity contribution in [3.8, 4) is 5.69 Å². The Morgan fingerprint density at radius 1 is 1.23 bits per heavy atom. The van der Waals surface area contributed by atoms with Crippen LogP contribution < -0.4 is 10.2 Å². The summed E-state index contributed by atoms with van der Waals surface area (Å²) in [7, 11) is 4.14. The van der Waals surface area contributed by atoms with E-state index in [-0.39, 0.29) is 17.7 Å². The van der Waals surface area contributed by atoms with Crippen molar-refractivity contribution in [2.75, 3.05) is 27.2 Å². The molecule has 0 aliphatic heterocycles. The fourth-order valence-electron chi connectivity index (χ4n) is 2.94. The van der Waals surface area contributed by atoms with E-state index >= 15 is 0 Å². The molecule has 6 heteroatoms. The molecular formula is C20H30ClN4O+. The second-order valence-electron chi connectivity index (χ2n) is 7.56. The van der Waals surface area contributed by atoms with Crippen molar-refractivity contribution in [2.45, 2.75) is 39.5 Å². The van der Waals surface area contributed by atoms with Gasteiger partial charge in [0.1, 0.15) is 0 Å². The Balaban J connectivity index is 2.53. The van der Waals surface area contributed by atoms with Crippen LogP contribution in [0.5, 0.6) is 0 Å². The van der Waals surface area contributed by atoms with Gasteiger partial charge in [-0.15, -0.1) is 0 Å². The first-order valence-electron chi connectivity index (χ1n) is 9.18. The zero-order chi connectivity index (χ0) is 19.4. The quantitative estimate of drug-likeness (QED) is 0.779. The number of aromatic nitrogens is 2. The van der Waals surface area contributed by atoms with Gasteiger partial charge in [-0.2, -0.15) is 5.10 Å². The molecular weight excluding hydrogens is 348 g/mol. The Bertz CT molecular complexity index is 765. The van der Waals surface area contributed by atoms with Crippen molar-refractivity contribution in [3.63, 3.8) is 0 Å². The second-order valence-corrected chi connectivity index (χ2v) is 8.00. The summed E-state index contributed by atoms with van der Waals surface area (Å²) in [5, 5.41) is 8.51. The Morgan fingerprint density at radius 2 is 1.92 bits per heavy atom. The van der Waals surface area contributed by atoms with Gasteiger partial charge in [-0.05, 0) is 30.0 Å². The van der Waals surface area contributed by atoms with Gasteiger partial charge in [-0.1, -0.05) is 45.4 Å². The number of carbonyl (C=O) groups is 1. The fraction of sp³-hybridized carbons (Fsp3) is 0.500. The molecule has 2 N–H and O–H groups in total. The molecule has 0 atom stereocenters. The summed E-state index contributed by atoms with van der Waals surface area (Å²) < 4.78 is 1.87. The van der Waals surface area contributed by atoms with Crippen LogP contribution in [0.25, 0.3) is 5.69 Å². The van der Waals surface area contributed by atoms with Crippen LogP contribution in [0, 0.1) is 0 Å². The third-order valence-corrected chi connectivity index (χ3v) is 4.47. The van der Waals surface area contributed by atoms with Crippen LogP contribution in [-0.2, 0) is 0 Å². The van der Waals surface area contributed by atoms with Crippen LogP contribution >= 0.6 is 11.6 Å². The third-order valence-electron chi connectivity index (χ3n) is 4.23. The number of benzene rings is 1. The maximum Gasteiger partial charge on any atom is 0.255 e. The largest absolute Gasteiger partial charge is 0.346 e. The first-order valence-corrected chi connectivity index (χ1v) is 9.56. The summed E-state index contributed by atoms with van der Waals surface area (Å²) in [6.07, 6.45) is 0. The Hall–Kier alpha value is -1.85. The molecule has 142 valence electrons. The van der Waals surface area contributed by atoms with Crippen molar-refractivity contribution >= 4 is 17.5 Å². The normalized spacial score (nSPS) is 11.6. The van der Waals surface area contributed by atoms with Crippen LogP contribution in [0.3, 0.4) is 0 Å². The van der Waals surface area contributed by atoms with Gasteiger partial charge in [0.05, 0.1) is 49.8 Å². The number of nitrogens with zero attached hydrogens (tertiary/aromatic N) is 2. The minimum Gasteiger partial charge on any atom is -0.346 e. The number of hydrogen-bond acceptors (Lipinski definition) is 2. The zero-order valence-corrected chi connectivity index (χ0v) is 17.3. The molecule has 0 saturated heterocycles. The van der Waals surface area contributed by atoms with Gasteiger partial charge >= 0.3 is 0 Å². The third kappa shape index (κ3) is 4.65. The molecule has 26 heavy (non-hydrogen) atoms. The zero-order valence-electron chi connectivity index (χ0n) is 16.6. The minimum absolute atomic E-state index is 0.0491. The SMILES string of the molecule is CC(C)c1nn(-c2cccc(Cl)c2)c(C(C)C)c1C(=O)NCC[NH+](C)C. The standard InChI is InChI=1S/C20H29ClN4O/c1-13(2)18-17(20(26)22-10-11-24(5)6)19(14(3)4)25(23-18)16-9-7-8-15(21)12-16/h7-9,12-14H,10-11H2,1-6H3,(H,22,26)/p+1. The summed E-state index contributed by atoms with van der Waals surface area (Å²) in [6, 6.07) is 7.58. The molecule has 2 rings (SSSR count). The summed E-state index contributed by atoms with van der Waals surface area (Å²) in [4.78, 5) is 14.3. The van der Waals surface area contributed by atoms with E-state index in [0.717, 1.165) is 23.6 Å². The lowest BCUT2D eigenvalue weighted by atomic mass is 9.98. The molecule has 0 bridgehead atoms. The highest BCUT2D eigenvalue weighted by Gasteiger charge is 2.27. The van der Waals surface area contributed by atoms with E-state index in [1.807, 2.05) is 28.9 Å². The van der Waals surface area contributed by atoms with E-state index < -0.39 is 0 Å². The molecule has 0 aliphatic carbocycles. The van der Waals surface area contributed by atoms with E-state index in [1.165, 1.54) is 4.90 Å². The first kappa shape index (κ1) is 20.5. The number of nitrogens with one attached hydrogen (secondary N) is 2. The van der Waals surface area contributed by atoms with Crippen molar-refractivity contribution in [1.82, 2.24) is 15.1 Å². The van der Waals surface area contributed by atoms with Crippen LogP contribution in [0.15, 0.2) is 24.3 Å². The van der Waals surface area contributed by atoms with Crippen LogP contribution in [-0.4, -0.2) is 42.9 Å². The average molecular weight is 378 g/mol. The van der Waals surface area contributed by atoms with Crippen LogP contribution in [0.4, 0.5) is 0 Å². The number of likely N-dealkylation sites (N-methyl/N-ethyl adjacent to an activating group) is 1. The van der Waals surface area contributed by atoms with E-state index in [2.05, 4.69) is 47.1 Å². The second kappa shape index (κ2) is 8.69. The van der Waals surface area contributed by atoms with Gasteiger partial charge in [0.25, 0.3) is 5.91 Å². The molecule has 0 saturated carbocycles. The molecule has 0 spiro atoms. The molecule has 1 aromatic heterocycles. The summed E-state index contributed by atoms with van der Waals surface area (Å²) >= 11 is 6.17. The van der Waals surface area contributed by atoms with Crippen molar-refractivity contribution < 1.29 is 9.69 Å². The molecule has 5 nitrogen and oxygen atoms in total. The molecule has 1 amide bonds. The first-order chi connectivity index (χ1) is 12.2. The predicted octanol–water partition coefficient (Wildman–Crippen LogP) is 2.65. The Kier molecular flexibility index (Phi) is 6.84. The number of halogens is 1. The maximum atomic E-state index is 13.0. The molecule has 1 aromatic carbocycles. The maximum absolute atomic E-state index is 13.0. The van der Waals surface area contributed by atoms with Crippen LogP contribution in [0.2, 0.25) is 5.02 Å². The topological polar surface area (TPSA) is 51.4 Å². The number of hydrogen-bond donors (Lipinski definition) is 2. The molecule has 1 heterocycles. The lowest BCUT2D eigenvalue weighted by Crippen LogP contribution is -3.06. The van der Waals surface area contributed by atoms with Gasteiger partial charge in [0, 0.05) is 5.02 Å². The minimum atomic E-state index is -0.0491. The van der Waals surface area contributed by atoms with Crippen LogP contribution in [0.1, 0.15) is 61.3 Å². The van der Waals surface area contributed by atoms with Gasteiger partial charge in [-0.3, -0.25) is 4.79 Å². The van der Waals surface area contributed by atoms with Crippen molar-refractivity contribution in [1.29, 1.82) is 0 Å². The molecule has 0 radical (unpaired) electrons. The van der Waals surface area contributed by atoms with E-state index in [4.69, 9.17) is 16.7 Å². The average Bonchev–Trinajstić information content (AvgIpc) is 2.95. The Morgan fingerprint density at radius 3 is 2.46 bits per heavy atom. The number of rotatable bonds is 7. The lowest BCUT2D eigenvalue weighted by molar-refractivity contribution is -0.856. The number of carbonyl (C=O) groups excluding carboxylic acids is 1. The van der Waals surface area contributed by atoms with Gasteiger partial charge in [0.15, 0.2) is 0 Å². The summed E-state index contributed by atoms with van der Waals surface area (Å²) in [5.41, 5.74) is 3.32. The van der Waals surface area contributed by atoms with Crippen molar-refractivity contribution in [2.24, 2.45) is 0 Å². The van der Waals surface area contributed by atoms with Gasteiger partial charge in [-0.25, -0.2) is 4.68 Å². The predicted molar refractivity (Wildman–Crippen MR) is 107 cm³/mol. The highest BCUT2D eigenvalue weighted by Crippen LogP contribution is 2.30. The highest BCUT2D eigenvalue weighted by atomic mass is 35.5. The monoisotopic (exact) mass is 377 g/mol. The molecule has 2 aromatic rings. The number of amides is 1. The Labute approximate surface area is 161 Å². The van der Waals surface area contributed by atoms with Gasteiger partial charge < -0.3 is 10.2 Å².